The van der Waals surface area contributed by atoms with E-state index in [9.17, 15) is 9.18 Å². The fourth-order valence-corrected chi connectivity index (χ4v) is 2.28. The normalized spacial score (nSPS) is 12.2. The van der Waals surface area contributed by atoms with E-state index in [1.54, 1.807) is 25.1 Å². The van der Waals surface area contributed by atoms with Gasteiger partial charge in [-0.05, 0) is 30.5 Å². The Balaban J connectivity index is 2.14. The first-order valence-electron chi connectivity index (χ1n) is 5.44. The first kappa shape index (κ1) is 12.7. The van der Waals surface area contributed by atoms with Crippen LogP contribution < -0.4 is 11.1 Å². The minimum atomic E-state index is -0.729. The molecular formula is C13H13FN2OS. The predicted octanol–water partition coefficient (Wildman–Crippen LogP) is 2.83. The maximum atomic E-state index is 13.3. The monoisotopic (exact) mass is 264 g/mol. The van der Waals surface area contributed by atoms with Crippen molar-refractivity contribution < 1.29 is 9.18 Å². The van der Waals surface area contributed by atoms with Crippen LogP contribution in [0.15, 0.2) is 35.7 Å². The maximum Gasteiger partial charge on any atom is 0.246 e. The molecule has 18 heavy (non-hydrogen) atoms. The summed E-state index contributed by atoms with van der Waals surface area (Å²) >= 11 is 1.42. The van der Waals surface area contributed by atoms with Gasteiger partial charge in [0.05, 0.1) is 0 Å². The number of hydrogen-bond donors (Lipinski definition) is 2. The highest BCUT2D eigenvalue weighted by atomic mass is 32.1. The van der Waals surface area contributed by atoms with Crippen LogP contribution in [0.3, 0.4) is 0 Å². The van der Waals surface area contributed by atoms with Crippen LogP contribution in [0, 0.1) is 12.7 Å². The second-order valence-electron chi connectivity index (χ2n) is 3.89. The maximum absolute atomic E-state index is 13.3. The Morgan fingerprint density at radius 2 is 2.17 bits per heavy atom. The van der Waals surface area contributed by atoms with E-state index in [-0.39, 0.29) is 11.7 Å². The smallest absolute Gasteiger partial charge is 0.246 e. The molecule has 0 saturated heterocycles. The Morgan fingerprint density at radius 3 is 2.83 bits per heavy atom. The number of nitrogens with one attached hydrogen (secondary N) is 1. The third-order valence-electron chi connectivity index (χ3n) is 2.66. The molecule has 0 saturated carbocycles. The van der Waals surface area contributed by atoms with Crippen LogP contribution in [0.5, 0.6) is 0 Å². The lowest BCUT2D eigenvalue weighted by atomic mass is 10.1. The fourth-order valence-electron chi connectivity index (χ4n) is 1.55. The number of thiophene rings is 1. The van der Waals surface area contributed by atoms with Gasteiger partial charge in [0, 0.05) is 16.1 Å². The van der Waals surface area contributed by atoms with Gasteiger partial charge >= 0.3 is 0 Å². The van der Waals surface area contributed by atoms with Crippen molar-refractivity contribution in [2.75, 3.05) is 5.32 Å². The van der Waals surface area contributed by atoms with Crippen molar-refractivity contribution in [2.45, 2.75) is 13.0 Å². The topological polar surface area (TPSA) is 55.1 Å². The van der Waals surface area contributed by atoms with Crippen LogP contribution in [-0.2, 0) is 4.79 Å². The van der Waals surface area contributed by atoms with Gasteiger partial charge in [0.1, 0.15) is 11.9 Å². The molecule has 5 heteroatoms. The van der Waals surface area contributed by atoms with Gasteiger partial charge < -0.3 is 11.1 Å². The van der Waals surface area contributed by atoms with Crippen LogP contribution in [-0.4, -0.2) is 5.91 Å². The molecule has 3 nitrogen and oxygen atoms in total. The molecule has 2 rings (SSSR count). The van der Waals surface area contributed by atoms with E-state index >= 15 is 0 Å². The Labute approximate surface area is 108 Å². The molecule has 1 atom stereocenters. The standard InChI is InChI=1S/C13H13FN2OS/c1-8-9(14)4-2-5-10(8)16-13(17)12(15)11-6-3-7-18-11/h2-7,12H,15H2,1H3,(H,16,17). The molecule has 0 radical (unpaired) electrons. The summed E-state index contributed by atoms with van der Waals surface area (Å²) in [6.07, 6.45) is 0. The molecule has 1 aromatic heterocycles. The molecule has 1 unspecified atom stereocenters. The number of carbonyl (C=O) groups excluding carboxylic acids is 1. The van der Waals surface area contributed by atoms with Gasteiger partial charge in [-0.15, -0.1) is 11.3 Å². The van der Waals surface area contributed by atoms with Crippen molar-refractivity contribution in [3.05, 3.63) is 52.0 Å². The van der Waals surface area contributed by atoms with Crippen LogP contribution >= 0.6 is 11.3 Å². The number of anilines is 1. The largest absolute Gasteiger partial charge is 0.324 e. The van der Waals surface area contributed by atoms with Gasteiger partial charge in [-0.3, -0.25) is 4.79 Å². The van der Waals surface area contributed by atoms with E-state index in [0.29, 0.717) is 11.3 Å². The van der Waals surface area contributed by atoms with Gasteiger partial charge in [-0.1, -0.05) is 12.1 Å². The van der Waals surface area contributed by atoms with Crippen molar-refractivity contribution >= 4 is 22.9 Å². The zero-order chi connectivity index (χ0) is 13.1. The van der Waals surface area contributed by atoms with Crippen LogP contribution in [0.4, 0.5) is 10.1 Å². The Kier molecular flexibility index (Phi) is 3.74. The third kappa shape index (κ3) is 2.57. The summed E-state index contributed by atoms with van der Waals surface area (Å²) in [5, 5.41) is 4.50. The van der Waals surface area contributed by atoms with Crippen molar-refractivity contribution in [2.24, 2.45) is 5.73 Å². The molecule has 0 aliphatic carbocycles. The van der Waals surface area contributed by atoms with Gasteiger partial charge in [0.25, 0.3) is 0 Å². The summed E-state index contributed by atoms with van der Waals surface area (Å²) in [5.41, 5.74) is 6.68. The molecule has 0 bridgehead atoms. The second kappa shape index (κ2) is 5.29. The number of hydrogen-bond acceptors (Lipinski definition) is 3. The number of rotatable bonds is 3. The Bertz CT molecular complexity index is 554. The Morgan fingerprint density at radius 1 is 1.39 bits per heavy atom. The van der Waals surface area contributed by atoms with Crippen molar-refractivity contribution in [1.82, 2.24) is 0 Å². The van der Waals surface area contributed by atoms with Gasteiger partial charge in [-0.2, -0.15) is 0 Å². The summed E-state index contributed by atoms with van der Waals surface area (Å²) in [6, 6.07) is 7.46. The van der Waals surface area contributed by atoms with E-state index in [0.717, 1.165) is 4.88 Å². The SMILES string of the molecule is Cc1c(F)cccc1NC(=O)C(N)c1cccs1. The molecule has 0 fully saturated rings. The summed E-state index contributed by atoms with van der Waals surface area (Å²) in [5.74, 6) is -0.691. The van der Waals surface area contributed by atoms with Crippen LogP contribution in [0.1, 0.15) is 16.5 Å². The minimum absolute atomic E-state index is 0.342. The molecule has 3 N–H and O–H groups in total. The lowest BCUT2D eigenvalue weighted by Gasteiger charge is -2.12. The third-order valence-corrected chi connectivity index (χ3v) is 3.61. The van der Waals surface area contributed by atoms with E-state index in [2.05, 4.69) is 5.32 Å². The number of amides is 1. The summed E-state index contributed by atoms with van der Waals surface area (Å²) in [7, 11) is 0. The quantitative estimate of drug-likeness (QED) is 0.895. The first-order valence-corrected chi connectivity index (χ1v) is 6.32. The van der Waals surface area contributed by atoms with Gasteiger partial charge in [0.2, 0.25) is 5.91 Å². The minimum Gasteiger partial charge on any atom is -0.324 e. The lowest BCUT2D eigenvalue weighted by Crippen LogP contribution is -2.27. The van der Waals surface area contributed by atoms with Crippen molar-refractivity contribution in [1.29, 1.82) is 0 Å². The predicted molar refractivity (Wildman–Crippen MR) is 71.0 cm³/mol. The summed E-state index contributed by atoms with van der Waals surface area (Å²) in [6.45, 7) is 1.61. The Hall–Kier alpha value is -1.72. The summed E-state index contributed by atoms with van der Waals surface area (Å²) in [4.78, 5) is 12.7. The number of carbonyl (C=O) groups is 1. The molecule has 1 aromatic carbocycles. The van der Waals surface area contributed by atoms with E-state index < -0.39 is 6.04 Å². The molecule has 1 heterocycles. The number of nitrogens with two attached hydrogens (primary N) is 1. The average molecular weight is 264 g/mol. The molecule has 2 aromatic rings. The molecule has 0 spiro atoms. The summed E-state index contributed by atoms with van der Waals surface area (Å²) < 4.78 is 13.3. The zero-order valence-corrected chi connectivity index (χ0v) is 10.6. The highest BCUT2D eigenvalue weighted by Crippen LogP contribution is 2.21. The van der Waals surface area contributed by atoms with Crippen LogP contribution in [0.2, 0.25) is 0 Å². The highest BCUT2D eigenvalue weighted by Gasteiger charge is 2.17. The van der Waals surface area contributed by atoms with Crippen LogP contribution in [0.25, 0.3) is 0 Å². The fraction of sp³-hybridized carbons (Fsp3) is 0.154. The number of halogens is 1. The molecule has 1 amide bonds. The van der Waals surface area contributed by atoms with Crippen molar-refractivity contribution in [3.63, 3.8) is 0 Å². The first-order chi connectivity index (χ1) is 8.59. The molecule has 94 valence electrons. The highest BCUT2D eigenvalue weighted by molar-refractivity contribution is 7.10. The second-order valence-corrected chi connectivity index (χ2v) is 4.87. The van der Waals surface area contributed by atoms with Gasteiger partial charge in [-0.25, -0.2) is 4.39 Å². The van der Waals surface area contributed by atoms with E-state index in [1.807, 2.05) is 11.4 Å². The number of benzene rings is 1. The molecule has 0 aliphatic rings. The van der Waals surface area contributed by atoms with E-state index in [1.165, 1.54) is 17.4 Å². The molecular weight excluding hydrogens is 251 g/mol. The van der Waals surface area contributed by atoms with E-state index in [4.69, 9.17) is 5.73 Å². The zero-order valence-electron chi connectivity index (χ0n) is 9.81. The lowest BCUT2D eigenvalue weighted by molar-refractivity contribution is -0.117. The molecule has 0 aliphatic heterocycles. The van der Waals surface area contributed by atoms with Crippen molar-refractivity contribution in [3.8, 4) is 0 Å². The van der Waals surface area contributed by atoms with Gasteiger partial charge in [0.15, 0.2) is 0 Å². The average Bonchev–Trinajstić information content (AvgIpc) is 2.87.